The average Bonchev–Trinajstić information content (AvgIpc) is 3.20. The predicted molar refractivity (Wildman–Crippen MR) is 84.8 cm³/mol. The lowest BCUT2D eigenvalue weighted by atomic mass is 10.0. The monoisotopic (exact) mass is 339 g/mol. The Kier molecular flexibility index (Phi) is 4.10. The number of benzene rings is 1. The molecule has 7 heteroatoms. The van der Waals surface area contributed by atoms with Gasteiger partial charge < -0.3 is 5.32 Å². The molecule has 22 heavy (non-hydrogen) atoms. The highest BCUT2D eigenvalue weighted by molar-refractivity contribution is 6.36. The third kappa shape index (κ3) is 2.96. The Hall–Kier alpha value is -1.59. The number of hydrazone groups is 1. The van der Waals surface area contributed by atoms with Crippen LogP contribution in [-0.4, -0.2) is 28.6 Å². The first-order valence-electron chi connectivity index (χ1n) is 7.07. The number of amides is 2. The van der Waals surface area contributed by atoms with Gasteiger partial charge in [-0.3, -0.25) is 9.59 Å². The highest BCUT2D eigenvalue weighted by atomic mass is 35.5. The normalized spacial score (nSPS) is 21.0. The number of nitrogens with one attached hydrogen (secondary N) is 1. The highest BCUT2D eigenvalue weighted by Gasteiger charge is 2.40. The molecule has 2 aliphatic rings. The van der Waals surface area contributed by atoms with Gasteiger partial charge in [0.2, 0.25) is 5.91 Å². The Balaban J connectivity index is 1.76. The van der Waals surface area contributed by atoms with Crippen LogP contribution in [0.15, 0.2) is 23.3 Å². The van der Waals surface area contributed by atoms with Crippen LogP contribution in [0.5, 0.6) is 0 Å². The second-order valence-electron chi connectivity index (χ2n) is 5.55. The summed E-state index contributed by atoms with van der Waals surface area (Å²) in [5, 5.41) is 9.25. The van der Waals surface area contributed by atoms with Crippen molar-refractivity contribution in [3.63, 3.8) is 0 Å². The second kappa shape index (κ2) is 5.89. The quantitative estimate of drug-likeness (QED) is 0.857. The first-order chi connectivity index (χ1) is 10.5. The molecule has 1 aliphatic heterocycles. The lowest BCUT2D eigenvalue weighted by molar-refractivity contribution is -0.138. The first-order valence-corrected chi connectivity index (χ1v) is 7.82. The van der Waals surface area contributed by atoms with Crippen molar-refractivity contribution in [2.45, 2.75) is 32.4 Å². The van der Waals surface area contributed by atoms with Crippen LogP contribution in [0.4, 0.5) is 0 Å². The van der Waals surface area contributed by atoms with E-state index in [1.165, 1.54) is 5.01 Å². The van der Waals surface area contributed by atoms with Crippen LogP contribution in [-0.2, 0) is 16.1 Å². The SMILES string of the molecule is CC1=NN(Cc2c(Cl)cccc2Cl)C(=O)[C@@H]1C(=O)NC1CC1. The van der Waals surface area contributed by atoms with Crippen LogP contribution in [0.1, 0.15) is 25.3 Å². The molecule has 1 atom stereocenters. The molecule has 0 radical (unpaired) electrons. The molecule has 0 bridgehead atoms. The van der Waals surface area contributed by atoms with Crippen molar-refractivity contribution < 1.29 is 9.59 Å². The predicted octanol–water partition coefficient (Wildman–Crippen LogP) is 2.61. The summed E-state index contributed by atoms with van der Waals surface area (Å²) >= 11 is 12.2. The molecule has 1 saturated carbocycles. The smallest absolute Gasteiger partial charge is 0.261 e. The van der Waals surface area contributed by atoms with E-state index in [1.807, 2.05) is 0 Å². The van der Waals surface area contributed by atoms with E-state index in [9.17, 15) is 9.59 Å². The summed E-state index contributed by atoms with van der Waals surface area (Å²) in [4.78, 5) is 24.6. The van der Waals surface area contributed by atoms with E-state index in [1.54, 1.807) is 25.1 Å². The molecular weight excluding hydrogens is 325 g/mol. The van der Waals surface area contributed by atoms with Crippen LogP contribution in [0.2, 0.25) is 10.0 Å². The maximum atomic E-state index is 12.5. The Morgan fingerprint density at radius 3 is 2.59 bits per heavy atom. The molecule has 3 rings (SSSR count). The van der Waals surface area contributed by atoms with Crippen molar-refractivity contribution in [1.82, 2.24) is 10.3 Å². The molecule has 5 nitrogen and oxygen atoms in total. The fourth-order valence-electron chi connectivity index (χ4n) is 2.39. The van der Waals surface area contributed by atoms with E-state index in [2.05, 4.69) is 10.4 Å². The van der Waals surface area contributed by atoms with Gasteiger partial charge in [0.05, 0.1) is 12.3 Å². The summed E-state index contributed by atoms with van der Waals surface area (Å²) in [6.07, 6.45) is 1.95. The van der Waals surface area contributed by atoms with Gasteiger partial charge in [-0.15, -0.1) is 0 Å². The minimum absolute atomic E-state index is 0.155. The minimum Gasteiger partial charge on any atom is -0.352 e. The summed E-state index contributed by atoms with van der Waals surface area (Å²) in [5.74, 6) is -1.46. The fraction of sp³-hybridized carbons (Fsp3) is 0.400. The number of carbonyl (C=O) groups is 2. The average molecular weight is 340 g/mol. The van der Waals surface area contributed by atoms with Crippen molar-refractivity contribution in [3.05, 3.63) is 33.8 Å². The number of rotatable bonds is 4. The zero-order chi connectivity index (χ0) is 15.9. The van der Waals surface area contributed by atoms with Gasteiger partial charge in [0.15, 0.2) is 5.92 Å². The van der Waals surface area contributed by atoms with Crippen LogP contribution < -0.4 is 5.32 Å². The molecule has 1 N–H and O–H groups in total. The van der Waals surface area contributed by atoms with E-state index >= 15 is 0 Å². The number of carbonyl (C=O) groups excluding carboxylic acids is 2. The van der Waals surface area contributed by atoms with E-state index in [0.717, 1.165) is 12.8 Å². The van der Waals surface area contributed by atoms with Crippen molar-refractivity contribution in [2.24, 2.45) is 11.0 Å². The minimum atomic E-state index is -0.845. The lowest BCUT2D eigenvalue weighted by Gasteiger charge is -2.16. The Bertz CT molecular complexity index is 651. The molecule has 1 aliphatic carbocycles. The standard InChI is InChI=1S/C15H15Cl2N3O2/c1-8-13(14(21)18-9-5-6-9)15(22)20(19-8)7-10-11(16)3-2-4-12(10)17/h2-4,9,13H,5-7H2,1H3,(H,18,21)/t13-/m0/s1. The molecule has 1 aromatic carbocycles. The van der Waals surface area contributed by atoms with E-state index in [-0.39, 0.29) is 24.4 Å². The van der Waals surface area contributed by atoms with Gasteiger partial charge in [0.25, 0.3) is 5.91 Å². The summed E-state index contributed by atoms with van der Waals surface area (Å²) in [6.45, 7) is 1.84. The number of nitrogens with zero attached hydrogens (tertiary/aromatic N) is 2. The van der Waals surface area contributed by atoms with Crippen LogP contribution in [0.25, 0.3) is 0 Å². The summed E-state index contributed by atoms with van der Waals surface area (Å²) in [5.41, 5.74) is 1.12. The molecule has 0 saturated heterocycles. The maximum Gasteiger partial charge on any atom is 0.261 e. The van der Waals surface area contributed by atoms with E-state index in [0.29, 0.717) is 21.3 Å². The van der Waals surface area contributed by atoms with Crippen molar-refractivity contribution in [2.75, 3.05) is 0 Å². The van der Waals surface area contributed by atoms with Gasteiger partial charge in [0, 0.05) is 21.7 Å². The highest BCUT2D eigenvalue weighted by Crippen LogP contribution is 2.28. The molecule has 1 aromatic rings. The lowest BCUT2D eigenvalue weighted by Crippen LogP contribution is -2.40. The van der Waals surface area contributed by atoms with Gasteiger partial charge in [-0.1, -0.05) is 29.3 Å². The second-order valence-corrected chi connectivity index (χ2v) is 6.37. The van der Waals surface area contributed by atoms with Gasteiger partial charge in [-0.25, -0.2) is 5.01 Å². The zero-order valence-corrected chi connectivity index (χ0v) is 13.5. The van der Waals surface area contributed by atoms with E-state index < -0.39 is 5.92 Å². The topological polar surface area (TPSA) is 61.8 Å². The van der Waals surface area contributed by atoms with Crippen LogP contribution in [0.3, 0.4) is 0 Å². The molecule has 1 heterocycles. The van der Waals surface area contributed by atoms with Gasteiger partial charge in [-0.2, -0.15) is 5.10 Å². The van der Waals surface area contributed by atoms with Crippen molar-refractivity contribution in [3.8, 4) is 0 Å². The molecular formula is C15H15Cl2N3O2. The Morgan fingerprint density at radius 2 is 2.00 bits per heavy atom. The van der Waals surface area contributed by atoms with Crippen LogP contribution in [0, 0.1) is 5.92 Å². The molecule has 0 aromatic heterocycles. The summed E-state index contributed by atoms with van der Waals surface area (Å²) in [6, 6.07) is 5.36. The van der Waals surface area contributed by atoms with Crippen molar-refractivity contribution >= 4 is 40.7 Å². The van der Waals surface area contributed by atoms with Gasteiger partial charge in [0.1, 0.15) is 0 Å². The molecule has 1 fully saturated rings. The number of hydrogen-bond acceptors (Lipinski definition) is 3. The van der Waals surface area contributed by atoms with E-state index in [4.69, 9.17) is 23.2 Å². The first kappa shape index (κ1) is 15.3. The van der Waals surface area contributed by atoms with Gasteiger partial charge >= 0.3 is 0 Å². The largest absolute Gasteiger partial charge is 0.352 e. The molecule has 2 amide bonds. The Labute approximate surface area is 138 Å². The van der Waals surface area contributed by atoms with Crippen molar-refractivity contribution in [1.29, 1.82) is 0 Å². The maximum absolute atomic E-state index is 12.5. The fourth-order valence-corrected chi connectivity index (χ4v) is 2.90. The summed E-state index contributed by atoms with van der Waals surface area (Å²) in [7, 11) is 0. The molecule has 116 valence electrons. The number of halogens is 2. The Morgan fingerprint density at radius 1 is 1.36 bits per heavy atom. The third-order valence-electron chi connectivity index (χ3n) is 3.75. The number of hydrogen-bond donors (Lipinski definition) is 1. The zero-order valence-electron chi connectivity index (χ0n) is 12.0. The van der Waals surface area contributed by atoms with Crippen LogP contribution >= 0.6 is 23.2 Å². The molecule has 0 unspecified atom stereocenters. The summed E-state index contributed by atoms with van der Waals surface area (Å²) < 4.78 is 0. The molecule has 0 spiro atoms. The third-order valence-corrected chi connectivity index (χ3v) is 4.46. The van der Waals surface area contributed by atoms with Gasteiger partial charge in [-0.05, 0) is 31.9 Å².